The molecule has 2 saturated carbocycles. The number of hydrogen-bond acceptors (Lipinski definition) is 4. The first kappa shape index (κ1) is 22.4. The number of rotatable bonds is 8. The van der Waals surface area contributed by atoms with Crippen molar-refractivity contribution in [2.24, 2.45) is 11.3 Å². The number of fused-ring (bicyclic) bond motifs is 3. The van der Waals surface area contributed by atoms with Gasteiger partial charge in [-0.3, -0.25) is 9.59 Å². The van der Waals surface area contributed by atoms with E-state index in [1.54, 1.807) is 0 Å². The second-order valence-corrected chi connectivity index (χ2v) is 9.98. The molecule has 0 aliphatic heterocycles. The summed E-state index contributed by atoms with van der Waals surface area (Å²) in [6, 6.07) is 16.4. The van der Waals surface area contributed by atoms with E-state index in [1.165, 1.54) is 22.3 Å². The van der Waals surface area contributed by atoms with Gasteiger partial charge in [-0.2, -0.15) is 0 Å². The summed E-state index contributed by atoms with van der Waals surface area (Å²) in [5.41, 5.74) is 4.47. The molecular formula is C27H30N2O5. The van der Waals surface area contributed by atoms with Crippen LogP contribution in [-0.2, 0) is 14.3 Å². The summed E-state index contributed by atoms with van der Waals surface area (Å²) in [6.45, 7) is 0.666. The average molecular weight is 463 g/mol. The predicted octanol–water partition coefficient (Wildman–Crippen LogP) is 4.06. The number of ether oxygens (including phenoxy) is 1. The average Bonchev–Trinajstić information content (AvgIpc) is 3.09. The molecule has 7 nitrogen and oxygen atoms in total. The minimum Gasteiger partial charge on any atom is -0.481 e. The van der Waals surface area contributed by atoms with Gasteiger partial charge in [0.2, 0.25) is 5.91 Å². The first-order chi connectivity index (χ1) is 16.4. The van der Waals surface area contributed by atoms with Crippen molar-refractivity contribution in [3.05, 3.63) is 59.7 Å². The number of aliphatic carboxylic acids is 1. The van der Waals surface area contributed by atoms with Crippen molar-refractivity contribution in [2.75, 3.05) is 13.2 Å². The standard InChI is InChI=1S/C27H30N2O5/c30-24(29-18-12-17(13-18)25(31)32)14-27(10-5-11-27)16-28-26(33)34-15-23-21-8-3-1-6-19(21)20-7-2-4-9-22(20)23/h1-4,6-9,17-18,23H,5,10-16H2,(H,28,33)(H,29,30)(H,31,32). The number of hydrogen-bond donors (Lipinski definition) is 3. The van der Waals surface area contributed by atoms with E-state index in [0.717, 1.165) is 19.3 Å². The van der Waals surface area contributed by atoms with Crippen LogP contribution < -0.4 is 10.6 Å². The van der Waals surface area contributed by atoms with Crippen molar-refractivity contribution in [3.8, 4) is 11.1 Å². The van der Waals surface area contributed by atoms with E-state index in [9.17, 15) is 14.4 Å². The summed E-state index contributed by atoms with van der Waals surface area (Å²) in [4.78, 5) is 36.0. The summed E-state index contributed by atoms with van der Waals surface area (Å²) in [5, 5.41) is 14.8. The molecule has 0 unspecified atom stereocenters. The predicted molar refractivity (Wildman–Crippen MR) is 126 cm³/mol. The fourth-order valence-electron chi connectivity index (χ4n) is 5.56. The molecule has 2 aromatic rings. The normalized spacial score (nSPS) is 21.9. The van der Waals surface area contributed by atoms with Gasteiger partial charge in [-0.05, 0) is 53.4 Å². The van der Waals surface area contributed by atoms with Gasteiger partial charge in [-0.1, -0.05) is 55.0 Å². The molecule has 5 rings (SSSR count). The number of carbonyl (C=O) groups excluding carboxylic acids is 2. The van der Waals surface area contributed by atoms with Gasteiger partial charge in [-0.15, -0.1) is 0 Å². The van der Waals surface area contributed by atoms with Crippen LogP contribution >= 0.6 is 0 Å². The lowest BCUT2D eigenvalue weighted by atomic mass is 9.66. The Morgan fingerprint density at radius 1 is 0.971 bits per heavy atom. The van der Waals surface area contributed by atoms with Crippen molar-refractivity contribution in [1.82, 2.24) is 10.6 Å². The third-order valence-electron chi connectivity index (χ3n) is 7.75. The van der Waals surface area contributed by atoms with E-state index in [4.69, 9.17) is 9.84 Å². The van der Waals surface area contributed by atoms with Gasteiger partial charge >= 0.3 is 12.1 Å². The van der Waals surface area contributed by atoms with Gasteiger partial charge in [-0.25, -0.2) is 4.79 Å². The van der Waals surface area contributed by atoms with Crippen molar-refractivity contribution in [2.45, 2.75) is 50.5 Å². The van der Waals surface area contributed by atoms with Gasteiger partial charge in [0.05, 0.1) is 5.92 Å². The number of nitrogens with one attached hydrogen (secondary N) is 2. The van der Waals surface area contributed by atoms with Crippen LogP contribution in [0.3, 0.4) is 0 Å². The Bertz CT molecular complexity index is 1060. The van der Waals surface area contributed by atoms with Crippen LogP contribution in [-0.4, -0.2) is 42.3 Å². The fourth-order valence-corrected chi connectivity index (χ4v) is 5.56. The van der Waals surface area contributed by atoms with Gasteiger partial charge in [0.25, 0.3) is 0 Å². The summed E-state index contributed by atoms with van der Waals surface area (Å²) < 4.78 is 5.63. The number of benzene rings is 2. The minimum absolute atomic E-state index is 0.0127. The van der Waals surface area contributed by atoms with Crippen molar-refractivity contribution >= 4 is 18.0 Å². The molecule has 0 saturated heterocycles. The molecule has 0 bridgehead atoms. The Hall–Kier alpha value is -3.35. The molecule has 34 heavy (non-hydrogen) atoms. The van der Waals surface area contributed by atoms with Crippen LogP contribution in [0.2, 0.25) is 0 Å². The molecule has 0 radical (unpaired) electrons. The number of carboxylic acids is 1. The molecule has 0 atom stereocenters. The third-order valence-corrected chi connectivity index (χ3v) is 7.75. The molecule has 7 heteroatoms. The van der Waals surface area contributed by atoms with Crippen molar-refractivity contribution in [3.63, 3.8) is 0 Å². The second-order valence-electron chi connectivity index (χ2n) is 9.98. The van der Waals surface area contributed by atoms with E-state index in [1.807, 2.05) is 24.3 Å². The molecule has 3 N–H and O–H groups in total. The van der Waals surface area contributed by atoms with E-state index in [2.05, 4.69) is 34.9 Å². The van der Waals surface area contributed by atoms with Crippen LogP contribution in [0.25, 0.3) is 11.1 Å². The highest BCUT2D eigenvalue weighted by molar-refractivity contribution is 5.80. The highest BCUT2D eigenvalue weighted by Gasteiger charge is 2.41. The van der Waals surface area contributed by atoms with Crippen molar-refractivity contribution < 1.29 is 24.2 Å². The zero-order chi connectivity index (χ0) is 23.7. The van der Waals surface area contributed by atoms with Gasteiger partial charge < -0.3 is 20.5 Å². The Balaban J connectivity index is 1.11. The lowest BCUT2D eigenvalue weighted by molar-refractivity contribution is -0.146. The van der Waals surface area contributed by atoms with E-state index >= 15 is 0 Å². The molecule has 3 aliphatic carbocycles. The lowest BCUT2D eigenvalue weighted by Gasteiger charge is -2.42. The third kappa shape index (κ3) is 4.39. The smallest absolute Gasteiger partial charge is 0.407 e. The van der Waals surface area contributed by atoms with Crippen molar-refractivity contribution in [1.29, 1.82) is 0 Å². The molecule has 0 spiro atoms. The quantitative estimate of drug-likeness (QED) is 0.549. The zero-order valence-electron chi connectivity index (χ0n) is 19.1. The maximum Gasteiger partial charge on any atom is 0.407 e. The van der Waals surface area contributed by atoms with E-state index < -0.39 is 12.1 Å². The number of amides is 2. The topological polar surface area (TPSA) is 105 Å². The Labute approximate surface area is 198 Å². The molecule has 0 heterocycles. The zero-order valence-corrected chi connectivity index (χ0v) is 19.1. The van der Waals surface area contributed by atoms with E-state index in [0.29, 0.717) is 25.8 Å². The Morgan fingerprint density at radius 3 is 2.15 bits per heavy atom. The first-order valence-electron chi connectivity index (χ1n) is 12.1. The highest BCUT2D eigenvalue weighted by atomic mass is 16.5. The van der Waals surface area contributed by atoms with Crippen LogP contribution in [0.15, 0.2) is 48.5 Å². The maximum atomic E-state index is 12.5. The molecular weight excluding hydrogens is 432 g/mol. The SMILES string of the molecule is O=C(CC1(CNC(=O)OCC2c3ccccc3-c3ccccc32)CCC1)NC1CC(C(=O)O)C1. The lowest BCUT2D eigenvalue weighted by Crippen LogP contribution is -2.50. The molecule has 0 aromatic heterocycles. The van der Waals surface area contributed by atoms with Crippen LogP contribution in [0.4, 0.5) is 4.79 Å². The van der Waals surface area contributed by atoms with Gasteiger partial charge in [0.1, 0.15) is 6.61 Å². The largest absolute Gasteiger partial charge is 0.481 e. The monoisotopic (exact) mass is 462 g/mol. The van der Waals surface area contributed by atoms with E-state index in [-0.39, 0.29) is 35.8 Å². The summed E-state index contributed by atoms with van der Waals surface area (Å²) in [7, 11) is 0. The number of carboxylic acid groups (broad SMARTS) is 1. The van der Waals surface area contributed by atoms with Crippen LogP contribution in [0.1, 0.15) is 55.6 Å². The first-order valence-corrected chi connectivity index (χ1v) is 12.1. The molecule has 2 aromatic carbocycles. The summed E-state index contributed by atoms with van der Waals surface area (Å²) in [6.07, 6.45) is 3.66. The minimum atomic E-state index is -0.798. The number of carbonyl (C=O) groups is 3. The Morgan fingerprint density at radius 2 is 1.59 bits per heavy atom. The molecule has 2 fully saturated rings. The maximum absolute atomic E-state index is 12.5. The Kier molecular flexibility index (Phi) is 6.02. The van der Waals surface area contributed by atoms with Crippen LogP contribution in [0.5, 0.6) is 0 Å². The highest BCUT2D eigenvalue weighted by Crippen LogP contribution is 2.45. The summed E-state index contributed by atoms with van der Waals surface area (Å²) in [5.74, 6) is -1.20. The number of alkyl carbamates (subject to hydrolysis) is 1. The fraction of sp³-hybridized carbons (Fsp3) is 0.444. The molecule has 178 valence electrons. The van der Waals surface area contributed by atoms with Crippen LogP contribution in [0, 0.1) is 11.3 Å². The van der Waals surface area contributed by atoms with Gasteiger partial charge in [0.15, 0.2) is 0 Å². The molecule has 3 aliphatic rings. The summed E-state index contributed by atoms with van der Waals surface area (Å²) >= 11 is 0. The van der Waals surface area contributed by atoms with Gasteiger partial charge in [0, 0.05) is 24.9 Å². The molecule has 2 amide bonds. The second kappa shape index (κ2) is 9.12.